The van der Waals surface area contributed by atoms with Gasteiger partial charge in [0.05, 0.1) is 10.4 Å². The fraction of sp³-hybridized carbons (Fsp3) is 0.474. The Bertz CT molecular complexity index is 1030. The number of benzene rings is 1. The molecule has 0 saturated carbocycles. The smallest absolute Gasteiger partial charge is 0.251 e. The maximum absolute atomic E-state index is 12.8. The minimum atomic E-state index is -3.53. The van der Waals surface area contributed by atoms with Gasteiger partial charge in [-0.05, 0) is 63.3 Å². The fourth-order valence-corrected chi connectivity index (χ4v) is 4.84. The van der Waals surface area contributed by atoms with E-state index in [9.17, 15) is 18.0 Å². The molecule has 0 aliphatic carbocycles. The molecule has 3 rings (SSSR count). The van der Waals surface area contributed by atoms with E-state index in [-0.39, 0.29) is 22.9 Å². The first-order valence-electron chi connectivity index (χ1n) is 9.03. The van der Waals surface area contributed by atoms with Crippen LogP contribution in [-0.4, -0.2) is 41.8 Å². The number of rotatable bonds is 4. The second kappa shape index (κ2) is 7.09. The maximum Gasteiger partial charge on any atom is 0.251 e. The van der Waals surface area contributed by atoms with E-state index in [1.54, 1.807) is 18.2 Å². The molecule has 7 nitrogen and oxygen atoms in total. The Balaban J connectivity index is 1.99. The van der Waals surface area contributed by atoms with Gasteiger partial charge in [-0.1, -0.05) is 0 Å². The number of aromatic nitrogens is 1. The molecule has 1 N–H and O–H groups in total. The summed E-state index contributed by atoms with van der Waals surface area (Å²) in [5.74, 6) is -0.272. The number of amides is 1. The Labute approximate surface area is 159 Å². The Kier molecular flexibility index (Phi) is 5.14. The summed E-state index contributed by atoms with van der Waals surface area (Å²) in [5.41, 5.74) is -0.170. The van der Waals surface area contributed by atoms with Crippen molar-refractivity contribution in [1.82, 2.24) is 14.2 Å². The van der Waals surface area contributed by atoms with E-state index >= 15 is 0 Å². The third-order valence-electron chi connectivity index (χ3n) is 4.48. The van der Waals surface area contributed by atoms with Crippen LogP contribution in [0.25, 0.3) is 10.9 Å². The van der Waals surface area contributed by atoms with Crippen molar-refractivity contribution in [1.29, 1.82) is 0 Å². The monoisotopic (exact) mass is 391 g/mol. The Morgan fingerprint density at radius 1 is 1.11 bits per heavy atom. The van der Waals surface area contributed by atoms with Gasteiger partial charge in [-0.15, -0.1) is 0 Å². The van der Waals surface area contributed by atoms with Crippen LogP contribution in [0.5, 0.6) is 0 Å². The van der Waals surface area contributed by atoms with E-state index in [1.807, 2.05) is 20.8 Å². The highest BCUT2D eigenvalue weighted by Gasteiger charge is 2.27. The topological polar surface area (TPSA) is 88.5 Å². The summed E-state index contributed by atoms with van der Waals surface area (Å²) >= 11 is 0. The van der Waals surface area contributed by atoms with E-state index in [2.05, 4.69) is 5.32 Å². The molecule has 0 bridgehead atoms. The van der Waals surface area contributed by atoms with Crippen LogP contribution in [0.1, 0.15) is 33.6 Å². The van der Waals surface area contributed by atoms with Crippen molar-refractivity contribution in [3.05, 3.63) is 40.7 Å². The molecule has 2 aromatic rings. The lowest BCUT2D eigenvalue weighted by Crippen LogP contribution is -2.43. The zero-order chi connectivity index (χ0) is 19.8. The number of hydrogen-bond donors (Lipinski definition) is 1. The minimum Gasteiger partial charge on any atom is -0.350 e. The second-order valence-corrected chi connectivity index (χ2v) is 9.83. The summed E-state index contributed by atoms with van der Waals surface area (Å²) in [5, 5.41) is 3.44. The fourth-order valence-electron chi connectivity index (χ4n) is 3.28. The number of carbonyl (C=O) groups excluding carboxylic acids is 1. The van der Waals surface area contributed by atoms with Crippen molar-refractivity contribution in [3.63, 3.8) is 0 Å². The van der Waals surface area contributed by atoms with Crippen molar-refractivity contribution < 1.29 is 13.2 Å². The molecule has 1 fully saturated rings. The summed E-state index contributed by atoms with van der Waals surface area (Å²) in [6, 6.07) is 7.63. The predicted molar refractivity (Wildman–Crippen MR) is 104 cm³/mol. The van der Waals surface area contributed by atoms with Crippen LogP contribution in [-0.2, 0) is 21.4 Å². The van der Waals surface area contributed by atoms with Crippen molar-refractivity contribution in [2.24, 2.45) is 0 Å². The Morgan fingerprint density at radius 3 is 2.41 bits per heavy atom. The summed E-state index contributed by atoms with van der Waals surface area (Å²) < 4.78 is 28.4. The third kappa shape index (κ3) is 4.22. The highest BCUT2D eigenvalue weighted by molar-refractivity contribution is 7.89. The molecule has 1 aliphatic rings. The normalized spacial score (nSPS) is 16.0. The summed E-state index contributed by atoms with van der Waals surface area (Å²) in [4.78, 5) is 24.7. The highest BCUT2D eigenvalue weighted by atomic mass is 32.2. The molecule has 1 aromatic heterocycles. The molecule has 27 heavy (non-hydrogen) atoms. The van der Waals surface area contributed by atoms with Crippen molar-refractivity contribution in [2.45, 2.75) is 50.6 Å². The minimum absolute atomic E-state index is 0.119. The van der Waals surface area contributed by atoms with Gasteiger partial charge in [-0.2, -0.15) is 4.31 Å². The molecule has 8 heteroatoms. The van der Waals surface area contributed by atoms with Crippen LogP contribution in [0.4, 0.5) is 0 Å². The van der Waals surface area contributed by atoms with Gasteiger partial charge in [0.2, 0.25) is 15.9 Å². The van der Waals surface area contributed by atoms with Gasteiger partial charge in [0.25, 0.3) is 5.56 Å². The van der Waals surface area contributed by atoms with Crippen LogP contribution < -0.4 is 10.9 Å². The van der Waals surface area contributed by atoms with Gasteiger partial charge in [-0.3, -0.25) is 14.2 Å². The lowest BCUT2D eigenvalue weighted by molar-refractivity contribution is -0.123. The van der Waals surface area contributed by atoms with Crippen molar-refractivity contribution >= 4 is 26.8 Å². The number of nitrogens with one attached hydrogen (secondary N) is 1. The van der Waals surface area contributed by atoms with E-state index < -0.39 is 15.6 Å². The first-order chi connectivity index (χ1) is 12.6. The van der Waals surface area contributed by atoms with E-state index in [0.29, 0.717) is 24.0 Å². The van der Waals surface area contributed by atoms with Gasteiger partial charge >= 0.3 is 0 Å². The molecular formula is C19H25N3O4S. The average Bonchev–Trinajstić information content (AvgIpc) is 3.10. The van der Waals surface area contributed by atoms with Crippen molar-refractivity contribution in [3.8, 4) is 0 Å². The zero-order valence-corrected chi connectivity index (χ0v) is 16.7. The average molecular weight is 391 g/mol. The summed E-state index contributed by atoms with van der Waals surface area (Å²) in [6.45, 7) is 6.55. The maximum atomic E-state index is 12.8. The number of carbonyl (C=O) groups is 1. The highest BCUT2D eigenvalue weighted by Crippen LogP contribution is 2.24. The number of sulfonamides is 1. The molecule has 0 atom stereocenters. The molecule has 0 radical (unpaired) electrons. The molecule has 146 valence electrons. The second-order valence-electron chi connectivity index (χ2n) is 7.89. The van der Waals surface area contributed by atoms with Crippen LogP contribution in [0.15, 0.2) is 40.0 Å². The molecule has 2 heterocycles. The SMILES string of the molecule is CC(C)(C)NC(=O)Cn1c(=O)ccc2cc(S(=O)(=O)N3CCCC3)ccc21. The first kappa shape index (κ1) is 19.6. The van der Waals surface area contributed by atoms with Gasteiger partial charge in [0.1, 0.15) is 6.54 Å². The molecule has 1 aliphatic heterocycles. The van der Waals surface area contributed by atoms with E-state index in [0.717, 1.165) is 12.8 Å². The van der Waals surface area contributed by atoms with E-state index in [4.69, 9.17) is 0 Å². The number of pyridine rings is 1. The molecule has 0 spiro atoms. The van der Waals surface area contributed by atoms with Gasteiger partial charge in [-0.25, -0.2) is 8.42 Å². The molecular weight excluding hydrogens is 366 g/mol. The lowest BCUT2D eigenvalue weighted by atomic mass is 10.1. The van der Waals surface area contributed by atoms with Gasteiger partial charge in [0.15, 0.2) is 0 Å². The summed E-state index contributed by atoms with van der Waals surface area (Å²) in [7, 11) is -3.53. The van der Waals surface area contributed by atoms with Gasteiger partial charge in [0, 0.05) is 24.7 Å². The van der Waals surface area contributed by atoms with Crippen LogP contribution in [0.2, 0.25) is 0 Å². The predicted octanol–water partition coefficient (Wildman–Crippen LogP) is 1.70. The standard InChI is InChI=1S/C19H25N3O4S/c1-19(2,3)20-17(23)13-22-16-8-7-15(12-14(16)6-9-18(22)24)27(25,26)21-10-4-5-11-21/h6-9,12H,4-5,10-11,13H2,1-3H3,(H,20,23). The largest absolute Gasteiger partial charge is 0.350 e. The van der Waals surface area contributed by atoms with E-state index in [1.165, 1.54) is 21.0 Å². The van der Waals surface area contributed by atoms with Crippen molar-refractivity contribution in [2.75, 3.05) is 13.1 Å². The number of fused-ring (bicyclic) bond motifs is 1. The molecule has 1 aromatic carbocycles. The number of hydrogen-bond acceptors (Lipinski definition) is 4. The molecule has 1 saturated heterocycles. The quantitative estimate of drug-likeness (QED) is 0.859. The summed E-state index contributed by atoms with van der Waals surface area (Å²) in [6.07, 6.45) is 1.74. The van der Waals surface area contributed by atoms with Crippen LogP contribution in [0, 0.1) is 0 Å². The Hall–Kier alpha value is -2.19. The Morgan fingerprint density at radius 2 is 1.78 bits per heavy atom. The first-order valence-corrected chi connectivity index (χ1v) is 10.5. The lowest BCUT2D eigenvalue weighted by Gasteiger charge is -2.21. The molecule has 1 amide bonds. The van der Waals surface area contributed by atoms with Crippen LogP contribution >= 0.6 is 0 Å². The zero-order valence-electron chi connectivity index (χ0n) is 15.9. The molecule has 0 unspecified atom stereocenters. The number of nitrogens with zero attached hydrogens (tertiary/aromatic N) is 2. The van der Waals surface area contributed by atoms with Crippen LogP contribution in [0.3, 0.4) is 0 Å². The third-order valence-corrected chi connectivity index (χ3v) is 6.37. The van der Waals surface area contributed by atoms with Gasteiger partial charge < -0.3 is 5.32 Å².